The van der Waals surface area contributed by atoms with Crippen molar-refractivity contribution in [2.24, 2.45) is 0 Å². The fourth-order valence-electron chi connectivity index (χ4n) is 2.73. The molecule has 2 unspecified atom stereocenters. The van der Waals surface area contributed by atoms with Gasteiger partial charge in [0.2, 0.25) is 0 Å². The number of likely N-dealkylation sites (N-methyl/N-ethyl adjacent to an activating group) is 1. The van der Waals surface area contributed by atoms with E-state index in [9.17, 15) is 0 Å². The predicted molar refractivity (Wildman–Crippen MR) is 74.0 cm³/mol. The Morgan fingerprint density at radius 2 is 2.11 bits per heavy atom. The molecular weight excluding hydrogens is 240 g/mol. The summed E-state index contributed by atoms with van der Waals surface area (Å²) in [5, 5.41) is 3.56. The molecule has 106 valence electrons. The molecule has 19 heavy (non-hydrogen) atoms. The maximum Gasteiger partial charge on any atom is 0.117 e. The lowest BCUT2D eigenvalue weighted by molar-refractivity contribution is 0.0256. The minimum Gasteiger partial charge on any atom is -0.468 e. The van der Waals surface area contributed by atoms with Crippen LogP contribution in [-0.2, 0) is 11.3 Å². The van der Waals surface area contributed by atoms with E-state index >= 15 is 0 Å². The summed E-state index contributed by atoms with van der Waals surface area (Å²) in [6, 6.07) is 4.74. The van der Waals surface area contributed by atoms with Gasteiger partial charge in [-0.15, -0.1) is 0 Å². The van der Waals surface area contributed by atoms with Crippen LogP contribution in [0.2, 0.25) is 0 Å². The van der Waals surface area contributed by atoms with Crippen molar-refractivity contribution >= 4 is 0 Å². The highest BCUT2D eigenvalue weighted by Gasteiger charge is 2.28. The quantitative estimate of drug-likeness (QED) is 0.817. The number of ether oxygens (including phenoxy) is 1. The van der Waals surface area contributed by atoms with Crippen molar-refractivity contribution in [3.63, 3.8) is 0 Å². The van der Waals surface area contributed by atoms with Gasteiger partial charge in [-0.2, -0.15) is 0 Å². The molecule has 2 fully saturated rings. The molecule has 4 heteroatoms. The van der Waals surface area contributed by atoms with Gasteiger partial charge in [-0.1, -0.05) is 0 Å². The molecule has 1 N–H and O–H groups in total. The number of nitrogens with zero attached hydrogens (tertiary/aromatic N) is 1. The van der Waals surface area contributed by atoms with Gasteiger partial charge in [0.25, 0.3) is 0 Å². The molecule has 1 aromatic rings. The van der Waals surface area contributed by atoms with Crippen LogP contribution >= 0.6 is 0 Å². The van der Waals surface area contributed by atoms with E-state index in [1.807, 2.05) is 12.1 Å². The van der Waals surface area contributed by atoms with Crippen LogP contribution in [0.3, 0.4) is 0 Å². The largest absolute Gasteiger partial charge is 0.468 e. The normalized spacial score (nSPS) is 27.3. The van der Waals surface area contributed by atoms with Gasteiger partial charge in [0, 0.05) is 19.1 Å². The van der Waals surface area contributed by atoms with E-state index in [4.69, 9.17) is 9.15 Å². The minimum atomic E-state index is 0.381. The molecule has 0 aromatic carbocycles. The predicted octanol–water partition coefficient (Wildman–Crippen LogP) is 2.01. The average Bonchev–Trinajstić information content (AvgIpc) is 2.88. The summed E-state index contributed by atoms with van der Waals surface area (Å²) >= 11 is 0. The molecule has 4 nitrogen and oxygen atoms in total. The highest BCUT2D eigenvalue weighted by molar-refractivity contribution is 4.97. The summed E-state index contributed by atoms with van der Waals surface area (Å²) in [6.45, 7) is 2.88. The first-order valence-corrected chi connectivity index (χ1v) is 7.39. The van der Waals surface area contributed by atoms with E-state index in [2.05, 4.69) is 17.3 Å². The summed E-state index contributed by atoms with van der Waals surface area (Å²) in [5.41, 5.74) is 0. The Hall–Kier alpha value is -0.840. The first-order chi connectivity index (χ1) is 9.29. The van der Waals surface area contributed by atoms with Gasteiger partial charge in [-0.3, -0.25) is 4.90 Å². The second-order valence-electron chi connectivity index (χ2n) is 5.92. The maximum absolute atomic E-state index is 6.09. The molecule has 2 heterocycles. The zero-order chi connectivity index (χ0) is 13.1. The Balaban J connectivity index is 1.35. The van der Waals surface area contributed by atoms with E-state index in [-0.39, 0.29) is 0 Å². The molecule has 1 aliphatic carbocycles. The Morgan fingerprint density at radius 1 is 1.26 bits per heavy atom. The lowest BCUT2D eigenvalue weighted by Crippen LogP contribution is -2.32. The summed E-state index contributed by atoms with van der Waals surface area (Å²) in [5.74, 6) is 1.02. The first-order valence-electron chi connectivity index (χ1n) is 7.39. The van der Waals surface area contributed by atoms with Gasteiger partial charge in [-0.25, -0.2) is 0 Å². The first kappa shape index (κ1) is 13.2. The molecule has 1 aliphatic heterocycles. The Labute approximate surface area is 115 Å². The van der Waals surface area contributed by atoms with Gasteiger partial charge in [-0.05, 0) is 44.9 Å². The second-order valence-corrected chi connectivity index (χ2v) is 5.92. The number of hydrogen-bond acceptors (Lipinski definition) is 4. The van der Waals surface area contributed by atoms with E-state index < -0.39 is 0 Å². The van der Waals surface area contributed by atoms with Crippen LogP contribution in [0.15, 0.2) is 22.8 Å². The number of rotatable bonds is 7. The Kier molecular flexibility index (Phi) is 4.21. The van der Waals surface area contributed by atoms with Crippen LogP contribution in [0.5, 0.6) is 0 Å². The lowest BCUT2D eigenvalue weighted by atomic mass is 10.2. The van der Waals surface area contributed by atoms with Gasteiger partial charge in [0.15, 0.2) is 0 Å². The summed E-state index contributed by atoms with van der Waals surface area (Å²) < 4.78 is 11.5. The maximum atomic E-state index is 6.09. The zero-order valence-electron chi connectivity index (χ0n) is 11.7. The van der Waals surface area contributed by atoms with Gasteiger partial charge < -0.3 is 14.5 Å². The van der Waals surface area contributed by atoms with Crippen molar-refractivity contribution in [2.75, 3.05) is 20.1 Å². The molecule has 3 rings (SSSR count). The molecule has 0 amide bonds. The fourth-order valence-corrected chi connectivity index (χ4v) is 2.73. The summed E-state index contributed by atoms with van der Waals surface area (Å²) in [6.07, 6.45) is 7.60. The third-order valence-electron chi connectivity index (χ3n) is 3.93. The average molecular weight is 264 g/mol. The van der Waals surface area contributed by atoms with Crippen molar-refractivity contribution in [3.05, 3.63) is 24.2 Å². The van der Waals surface area contributed by atoms with Crippen LogP contribution in [0.1, 0.15) is 31.4 Å². The number of furan rings is 1. The van der Waals surface area contributed by atoms with Gasteiger partial charge in [0.1, 0.15) is 5.76 Å². The summed E-state index contributed by atoms with van der Waals surface area (Å²) in [7, 11) is 2.13. The molecule has 2 atom stereocenters. The monoisotopic (exact) mass is 264 g/mol. The van der Waals surface area contributed by atoms with Gasteiger partial charge >= 0.3 is 0 Å². The molecule has 1 aromatic heterocycles. The molecule has 0 spiro atoms. The molecular formula is C15H24N2O2. The molecule has 2 aliphatic rings. The zero-order valence-corrected chi connectivity index (χ0v) is 11.7. The smallest absolute Gasteiger partial charge is 0.117 e. The van der Waals surface area contributed by atoms with Gasteiger partial charge in [0.05, 0.1) is 25.0 Å². The van der Waals surface area contributed by atoms with Crippen molar-refractivity contribution in [3.8, 4) is 0 Å². The van der Waals surface area contributed by atoms with Crippen molar-refractivity contribution in [1.29, 1.82) is 0 Å². The number of hydrogen-bond donors (Lipinski definition) is 1. The number of nitrogens with one attached hydrogen (secondary N) is 1. The van der Waals surface area contributed by atoms with Crippen LogP contribution in [0, 0.1) is 0 Å². The summed E-state index contributed by atoms with van der Waals surface area (Å²) in [4.78, 5) is 2.28. The van der Waals surface area contributed by atoms with E-state index in [0.717, 1.165) is 31.4 Å². The third kappa shape index (κ3) is 4.06. The highest BCUT2D eigenvalue weighted by atomic mass is 16.5. The Bertz CT molecular complexity index is 376. The van der Waals surface area contributed by atoms with Crippen molar-refractivity contribution in [1.82, 2.24) is 10.2 Å². The van der Waals surface area contributed by atoms with E-state index in [1.165, 1.54) is 25.7 Å². The Morgan fingerprint density at radius 3 is 2.84 bits per heavy atom. The van der Waals surface area contributed by atoms with Crippen molar-refractivity contribution < 1.29 is 9.15 Å². The molecule has 1 saturated carbocycles. The molecule has 0 radical (unpaired) electrons. The van der Waals surface area contributed by atoms with Crippen LogP contribution in [0.4, 0.5) is 0 Å². The van der Waals surface area contributed by atoms with Crippen LogP contribution in [0.25, 0.3) is 0 Å². The highest BCUT2D eigenvalue weighted by Crippen LogP contribution is 2.23. The molecule has 1 saturated heterocycles. The third-order valence-corrected chi connectivity index (χ3v) is 3.93. The molecule has 0 bridgehead atoms. The van der Waals surface area contributed by atoms with Crippen molar-refractivity contribution in [2.45, 2.75) is 50.5 Å². The second kappa shape index (κ2) is 6.07. The standard InChI is InChI=1S/C15H24N2O2/c1-17(10-14-3-2-8-18-14)11-15-7-6-13(19-15)9-16-12-4-5-12/h2-3,8,12-13,15-16H,4-7,9-11H2,1H3. The topological polar surface area (TPSA) is 37.6 Å². The fraction of sp³-hybridized carbons (Fsp3) is 0.733. The van der Waals surface area contributed by atoms with E-state index in [0.29, 0.717) is 12.2 Å². The van der Waals surface area contributed by atoms with Crippen LogP contribution < -0.4 is 5.32 Å². The minimum absolute atomic E-state index is 0.381. The van der Waals surface area contributed by atoms with Crippen LogP contribution in [-0.4, -0.2) is 43.3 Å². The lowest BCUT2D eigenvalue weighted by Gasteiger charge is -2.20. The van der Waals surface area contributed by atoms with E-state index in [1.54, 1.807) is 6.26 Å². The SMILES string of the molecule is CN(Cc1ccco1)CC1CCC(CNC2CC2)O1.